The van der Waals surface area contributed by atoms with Crippen LogP contribution >= 0.6 is 0 Å². The van der Waals surface area contributed by atoms with Crippen molar-refractivity contribution in [3.05, 3.63) is 0 Å². The van der Waals surface area contributed by atoms with Gasteiger partial charge in [-0.1, -0.05) is 0 Å². The Labute approximate surface area is 76.1 Å². The highest BCUT2D eigenvalue weighted by molar-refractivity contribution is 4.79. The topological polar surface area (TPSA) is 49.7 Å². The fourth-order valence-electron chi connectivity index (χ4n) is 0.636. The summed E-state index contributed by atoms with van der Waals surface area (Å²) in [6, 6.07) is 0. The number of aliphatic hydroxyl groups is 2. The number of rotatable bonds is 4. The predicted molar refractivity (Wildman–Crippen MR) is 34.6 cm³/mol. The molecule has 0 aliphatic rings. The van der Waals surface area contributed by atoms with Gasteiger partial charge in [0, 0.05) is 7.11 Å². The molecule has 0 aromatic rings. The lowest BCUT2D eigenvalue weighted by molar-refractivity contribution is -0.297. The van der Waals surface area contributed by atoms with Crippen molar-refractivity contribution in [2.45, 2.75) is 30.9 Å². The van der Waals surface area contributed by atoms with Crippen LogP contribution in [0.5, 0.6) is 0 Å². The van der Waals surface area contributed by atoms with Crippen LogP contribution in [0.15, 0.2) is 0 Å². The van der Waals surface area contributed by atoms with Crippen molar-refractivity contribution in [3.8, 4) is 0 Å². The Kier molecular flexibility index (Phi) is 4.22. The number of hydrogen-bond acceptors (Lipinski definition) is 3. The molecule has 0 heterocycles. The second kappa shape index (κ2) is 4.37. The van der Waals surface area contributed by atoms with E-state index in [-0.39, 0.29) is 0 Å². The van der Waals surface area contributed by atoms with Crippen LogP contribution in [0, 0.1) is 0 Å². The lowest BCUT2D eigenvalue weighted by atomic mass is 10.1. The van der Waals surface area contributed by atoms with Crippen molar-refractivity contribution in [3.63, 3.8) is 0 Å². The number of ether oxygens (including phenoxy) is 1. The van der Waals surface area contributed by atoms with E-state index >= 15 is 0 Å². The van der Waals surface area contributed by atoms with Crippen LogP contribution in [0.3, 0.4) is 0 Å². The first-order chi connectivity index (χ1) is 6.12. The summed E-state index contributed by atoms with van der Waals surface area (Å²) in [5.41, 5.74) is 0. The lowest BCUT2D eigenvalue weighted by Gasteiger charge is -2.24. The van der Waals surface area contributed by atoms with E-state index in [1.807, 2.05) is 0 Å². The molecule has 0 aliphatic carbocycles. The molecule has 2 N–H and O–H groups in total. The molecule has 0 aliphatic heterocycles. The van der Waals surface area contributed by atoms with Gasteiger partial charge in [0.15, 0.2) is 6.29 Å². The Bertz CT molecular complexity index is 181. The minimum Gasteiger partial charge on any atom is -0.388 e. The molecule has 0 saturated carbocycles. The zero-order valence-corrected chi connectivity index (χ0v) is 7.05. The first-order valence-corrected chi connectivity index (χ1v) is 3.45. The van der Waals surface area contributed by atoms with Crippen LogP contribution in [0.25, 0.3) is 0 Å². The van der Waals surface area contributed by atoms with Gasteiger partial charge in [-0.2, -0.15) is 22.0 Å². The fraction of sp³-hybridized carbons (Fsp3) is 1.00. The fourth-order valence-corrected chi connectivity index (χ4v) is 0.636. The SMILES string of the molecule is COC(O)C(O)CC(F)(F)C(F)(F)F. The normalized spacial score (nSPS) is 18.0. The van der Waals surface area contributed by atoms with Gasteiger partial charge >= 0.3 is 12.1 Å². The zero-order valence-electron chi connectivity index (χ0n) is 7.05. The molecular weight excluding hydrogens is 215 g/mol. The van der Waals surface area contributed by atoms with Crippen molar-refractivity contribution < 1.29 is 36.9 Å². The molecule has 8 heteroatoms. The van der Waals surface area contributed by atoms with Crippen LogP contribution < -0.4 is 0 Å². The summed E-state index contributed by atoms with van der Waals surface area (Å²) >= 11 is 0. The van der Waals surface area contributed by atoms with E-state index in [1.54, 1.807) is 0 Å². The monoisotopic (exact) mass is 224 g/mol. The Morgan fingerprint density at radius 2 is 1.57 bits per heavy atom. The summed E-state index contributed by atoms with van der Waals surface area (Å²) in [6.45, 7) is 0. The summed E-state index contributed by atoms with van der Waals surface area (Å²) in [7, 11) is 0.861. The highest BCUT2D eigenvalue weighted by Gasteiger charge is 2.58. The van der Waals surface area contributed by atoms with Crippen LogP contribution in [-0.2, 0) is 4.74 Å². The number of halogens is 5. The van der Waals surface area contributed by atoms with Crippen LogP contribution in [0.1, 0.15) is 6.42 Å². The van der Waals surface area contributed by atoms with Gasteiger partial charge in [-0.3, -0.25) is 0 Å². The van der Waals surface area contributed by atoms with Gasteiger partial charge in [0.1, 0.15) is 6.10 Å². The largest absolute Gasteiger partial charge is 0.453 e. The summed E-state index contributed by atoms with van der Waals surface area (Å²) in [5, 5.41) is 17.2. The van der Waals surface area contributed by atoms with Crippen molar-refractivity contribution in [2.75, 3.05) is 7.11 Å². The van der Waals surface area contributed by atoms with Crippen LogP contribution in [0.4, 0.5) is 22.0 Å². The molecule has 0 radical (unpaired) electrons. The number of hydrogen-bond donors (Lipinski definition) is 2. The van der Waals surface area contributed by atoms with E-state index < -0.39 is 30.9 Å². The summed E-state index contributed by atoms with van der Waals surface area (Å²) in [6.07, 6.45) is -12.0. The molecule has 2 unspecified atom stereocenters. The van der Waals surface area contributed by atoms with E-state index in [1.165, 1.54) is 0 Å². The van der Waals surface area contributed by atoms with E-state index in [9.17, 15) is 22.0 Å². The van der Waals surface area contributed by atoms with E-state index in [0.29, 0.717) is 0 Å². The number of alkyl halides is 5. The molecule has 14 heavy (non-hydrogen) atoms. The van der Waals surface area contributed by atoms with Gasteiger partial charge in [-0.05, 0) is 0 Å². The Hall–Kier alpha value is -0.470. The molecule has 0 amide bonds. The second-order valence-corrected chi connectivity index (χ2v) is 2.60. The maximum Gasteiger partial charge on any atom is 0.453 e. The van der Waals surface area contributed by atoms with Crippen molar-refractivity contribution in [2.24, 2.45) is 0 Å². The first-order valence-electron chi connectivity index (χ1n) is 3.45. The Morgan fingerprint density at radius 1 is 1.14 bits per heavy atom. The molecule has 3 nitrogen and oxygen atoms in total. The molecule has 0 bridgehead atoms. The second-order valence-electron chi connectivity index (χ2n) is 2.60. The van der Waals surface area contributed by atoms with Gasteiger partial charge in [0.25, 0.3) is 0 Å². The zero-order chi connectivity index (χ0) is 11.6. The van der Waals surface area contributed by atoms with Gasteiger partial charge in [-0.15, -0.1) is 0 Å². The quantitative estimate of drug-likeness (QED) is 0.551. The van der Waals surface area contributed by atoms with Gasteiger partial charge in [0.2, 0.25) is 0 Å². The minimum atomic E-state index is -5.75. The number of methoxy groups -OCH3 is 1. The number of aliphatic hydroxyl groups excluding tert-OH is 2. The molecular formula is C6H9F5O3. The van der Waals surface area contributed by atoms with E-state index in [0.717, 1.165) is 7.11 Å². The van der Waals surface area contributed by atoms with E-state index in [4.69, 9.17) is 10.2 Å². The van der Waals surface area contributed by atoms with Crippen molar-refractivity contribution in [1.29, 1.82) is 0 Å². The Morgan fingerprint density at radius 3 is 1.86 bits per heavy atom. The maximum atomic E-state index is 12.2. The smallest absolute Gasteiger partial charge is 0.388 e. The van der Waals surface area contributed by atoms with E-state index in [2.05, 4.69) is 4.74 Å². The molecule has 0 spiro atoms. The third-order valence-electron chi connectivity index (χ3n) is 1.45. The Balaban J connectivity index is 4.36. The predicted octanol–water partition coefficient (Wildman–Crippen LogP) is 0.900. The van der Waals surface area contributed by atoms with Gasteiger partial charge in [-0.25, -0.2) is 0 Å². The molecule has 0 fully saturated rings. The van der Waals surface area contributed by atoms with Crippen molar-refractivity contribution in [1.82, 2.24) is 0 Å². The lowest BCUT2D eigenvalue weighted by Crippen LogP contribution is -2.43. The molecule has 0 rings (SSSR count). The highest BCUT2D eigenvalue weighted by Crippen LogP contribution is 2.39. The molecule has 86 valence electrons. The maximum absolute atomic E-state index is 12.2. The third-order valence-corrected chi connectivity index (χ3v) is 1.45. The average Bonchev–Trinajstić information content (AvgIpc) is 2.00. The minimum absolute atomic E-state index is 0.861. The average molecular weight is 224 g/mol. The van der Waals surface area contributed by atoms with Crippen molar-refractivity contribution >= 4 is 0 Å². The molecule has 0 saturated heterocycles. The summed E-state index contributed by atoms with van der Waals surface area (Å²) < 4.78 is 63.2. The van der Waals surface area contributed by atoms with Gasteiger partial charge in [0.05, 0.1) is 6.42 Å². The van der Waals surface area contributed by atoms with Gasteiger partial charge < -0.3 is 14.9 Å². The summed E-state index contributed by atoms with van der Waals surface area (Å²) in [5.74, 6) is -5.05. The highest BCUT2D eigenvalue weighted by atomic mass is 19.4. The third kappa shape index (κ3) is 3.35. The molecule has 2 atom stereocenters. The standard InChI is InChI=1S/C6H9F5O3/c1-14-4(13)3(12)2-5(7,8)6(9,10)11/h3-4,12-13H,2H2,1H3. The first kappa shape index (κ1) is 13.5. The van der Waals surface area contributed by atoms with Crippen LogP contribution in [-0.4, -0.2) is 41.8 Å². The molecule has 0 aromatic carbocycles. The summed E-state index contributed by atoms with van der Waals surface area (Å²) in [4.78, 5) is 0. The van der Waals surface area contributed by atoms with Crippen LogP contribution in [0.2, 0.25) is 0 Å². The molecule has 0 aromatic heterocycles.